The van der Waals surface area contributed by atoms with Gasteiger partial charge in [-0.15, -0.1) is 0 Å². The Morgan fingerprint density at radius 1 is 0.955 bits per heavy atom. The summed E-state index contributed by atoms with van der Waals surface area (Å²) < 4.78 is 10.6. The van der Waals surface area contributed by atoms with Gasteiger partial charge in [-0.1, -0.05) is 13.8 Å². The maximum Gasteiger partial charge on any atom is 0.249 e. The summed E-state index contributed by atoms with van der Waals surface area (Å²) in [6.45, 7) is 14.3. The first-order chi connectivity index (χ1) is 10.2. The fourth-order valence-electron chi connectivity index (χ4n) is 1.84. The zero-order chi connectivity index (χ0) is 17.3. The molecule has 3 atom stereocenters. The summed E-state index contributed by atoms with van der Waals surface area (Å²) in [6, 6.07) is 0. The Hall–Kier alpha value is -1.14. The molecule has 130 valence electrons. The monoisotopic (exact) mass is 316 g/mol. The standard InChI is InChI=1S/C16H32N2O4/c1-8-21-12(5)14(19)17-10-16(7,11(3)4)18-15(20)13(6)22-9-2/h11-13H,8-10H2,1-7H3,(H,17,19)(H,18,20). The van der Waals surface area contributed by atoms with Gasteiger partial charge in [0.05, 0.1) is 5.54 Å². The lowest BCUT2D eigenvalue weighted by atomic mass is 9.88. The molecule has 0 fully saturated rings. The van der Waals surface area contributed by atoms with E-state index in [1.807, 2.05) is 34.6 Å². The molecule has 0 aromatic heterocycles. The Bertz CT molecular complexity index is 360. The van der Waals surface area contributed by atoms with Gasteiger partial charge in [-0.05, 0) is 40.5 Å². The van der Waals surface area contributed by atoms with Crippen LogP contribution in [0.15, 0.2) is 0 Å². The average Bonchev–Trinajstić information content (AvgIpc) is 2.44. The highest BCUT2D eigenvalue weighted by Gasteiger charge is 2.32. The van der Waals surface area contributed by atoms with Gasteiger partial charge < -0.3 is 20.1 Å². The highest BCUT2D eigenvalue weighted by molar-refractivity contribution is 5.82. The fourth-order valence-corrected chi connectivity index (χ4v) is 1.84. The van der Waals surface area contributed by atoms with Crippen molar-refractivity contribution in [1.29, 1.82) is 0 Å². The largest absolute Gasteiger partial charge is 0.369 e. The van der Waals surface area contributed by atoms with Crippen molar-refractivity contribution in [3.05, 3.63) is 0 Å². The van der Waals surface area contributed by atoms with Gasteiger partial charge in [-0.2, -0.15) is 0 Å². The summed E-state index contributed by atoms with van der Waals surface area (Å²) in [4.78, 5) is 24.1. The Balaban J connectivity index is 4.69. The quantitative estimate of drug-likeness (QED) is 0.640. The lowest BCUT2D eigenvalue weighted by Crippen LogP contribution is -2.59. The molecule has 0 saturated heterocycles. The Kier molecular flexibility index (Phi) is 9.28. The SMILES string of the molecule is CCOC(C)C(=O)NCC(C)(NC(=O)C(C)OCC)C(C)C. The number of hydrogen-bond acceptors (Lipinski definition) is 4. The van der Waals surface area contributed by atoms with Crippen molar-refractivity contribution in [2.45, 2.75) is 66.2 Å². The molecule has 0 spiro atoms. The van der Waals surface area contributed by atoms with E-state index in [9.17, 15) is 9.59 Å². The third-order valence-electron chi connectivity index (χ3n) is 3.88. The summed E-state index contributed by atoms with van der Waals surface area (Å²) >= 11 is 0. The van der Waals surface area contributed by atoms with E-state index < -0.39 is 17.7 Å². The summed E-state index contributed by atoms with van der Waals surface area (Å²) in [5.41, 5.74) is -0.552. The van der Waals surface area contributed by atoms with E-state index in [-0.39, 0.29) is 17.7 Å². The predicted octanol–water partition coefficient (Wildman–Crippen LogP) is 1.48. The summed E-state index contributed by atoms with van der Waals surface area (Å²) in [6.07, 6.45) is -1.01. The normalized spacial score (nSPS) is 16.7. The van der Waals surface area contributed by atoms with Crippen LogP contribution in [0.5, 0.6) is 0 Å². The molecule has 6 nitrogen and oxygen atoms in total. The van der Waals surface area contributed by atoms with Crippen molar-refractivity contribution in [2.24, 2.45) is 5.92 Å². The summed E-state index contributed by atoms with van der Waals surface area (Å²) in [7, 11) is 0. The topological polar surface area (TPSA) is 76.7 Å². The first kappa shape index (κ1) is 20.9. The van der Waals surface area contributed by atoms with Crippen LogP contribution in [0.4, 0.5) is 0 Å². The van der Waals surface area contributed by atoms with Crippen molar-refractivity contribution in [3.8, 4) is 0 Å². The van der Waals surface area contributed by atoms with Crippen LogP contribution in [0, 0.1) is 5.92 Å². The first-order valence-corrected chi connectivity index (χ1v) is 8.00. The lowest BCUT2D eigenvalue weighted by Gasteiger charge is -2.36. The summed E-state index contributed by atoms with van der Waals surface area (Å²) in [5.74, 6) is -0.209. The molecule has 2 amide bonds. The molecule has 0 aliphatic heterocycles. The second-order valence-electron chi connectivity index (χ2n) is 5.97. The molecule has 6 heteroatoms. The number of carbonyl (C=O) groups is 2. The van der Waals surface area contributed by atoms with Crippen LogP contribution in [0.3, 0.4) is 0 Å². The number of ether oxygens (including phenoxy) is 2. The van der Waals surface area contributed by atoms with Gasteiger partial charge in [0.25, 0.3) is 0 Å². The van der Waals surface area contributed by atoms with Crippen molar-refractivity contribution in [2.75, 3.05) is 19.8 Å². The molecule has 2 N–H and O–H groups in total. The Morgan fingerprint density at radius 3 is 1.82 bits per heavy atom. The number of amides is 2. The van der Waals surface area contributed by atoms with Gasteiger partial charge in [0, 0.05) is 19.8 Å². The minimum Gasteiger partial charge on any atom is -0.369 e. The van der Waals surface area contributed by atoms with Crippen LogP contribution in [0.25, 0.3) is 0 Å². The van der Waals surface area contributed by atoms with E-state index in [1.165, 1.54) is 0 Å². The van der Waals surface area contributed by atoms with Crippen molar-refractivity contribution < 1.29 is 19.1 Å². The van der Waals surface area contributed by atoms with Gasteiger partial charge in [0.2, 0.25) is 11.8 Å². The molecular formula is C16H32N2O4. The molecule has 0 aromatic rings. The van der Waals surface area contributed by atoms with E-state index in [1.54, 1.807) is 13.8 Å². The van der Waals surface area contributed by atoms with Gasteiger partial charge in [-0.25, -0.2) is 0 Å². The molecule has 0 rings (SSSR count). The first-order valence-electron chi connectivity index (χ1n) is 8.00. The second kappa shape index (κ2) is 9.79. The van der Waals surface area contributed by atoms with E-state index in [0.29, 0.717) is 19.8 Å². The van der Waals surface area contributed by atoms with E-state index >= 15 is 0 Å². The number of hydrogen-bond donors (Lipinski definition) is 2. The second-order valence-corrected chi connectivity index (χ2v) is 5.97. The van der Waals surface area contributed by atoms with Gasteiger partial charge >= 0.3 is 0 Å². The average molecular weight is 316 g/mol. The van der Waals surface area contributed by atoms with Gasteiger partial charge in [0.1, 0.15) is 12.2 Å². The van der Waals surface area contributed by atoms with Crippen LogP contribution >= 0.6 is 0 Å². The summed E-state index contributed by atoms with van der Waals surface area (Å²) in [5, 5.41) is 5.83. The third-order valence-corrected chi connectivity index (χ3v) is 3.88. The molecular weight excluding hydrogens is 284 g/mol. The Labute approximate surface area is 134 Å². The van der Waals surface area contributed by atoms with Crippen molar-refractivity contribution in [3.63, 3.8) is 0 Å². The molecule has 0 heterocycles. The van der Waals surface area contributed by atoms with Crippen LogP contribution in [0.2, 0.25) is 0 Å². The molecule has 0 aliphatic rings. The van der Waals surface area contributed by atoms with Crippen LogP contribution < -0.4 is 10.6 Å². The molecule has 3 unspecified atom stereocenters. The zero-order valence-corrected chi connectivity index (χ0v) is 15.0. The van der Waals surface area contributed by atoms with Crippen molar-refractivity contribution in [1.82, 2.24) is 10.6 Å². The van der Waals surface area contributed by atoms with Crippen LogP contribution in [0.1, 0.15) is 48.5 Å². The zero-order valence-electron chi connectivity index (χ0n) is 15.0. The minimum absolute atomic E-state index is 0.146. The van der Waals surface area contributed by atoms with E-state index in [0.717, 1.165) is 0 Å². The number of nitrogens with one attached hydrogen (secondary N) is 2. The van der Waals surface area contributed by atoms with Crippen LogP contribution in [-0.2, 0) is 19.1 Å². The third kappa shape index (κ3) is 6.75. The molecule has 0 aromatic carbocycles. The smallest absolute Gasteiger partial charge is 0.249 e. The maximum absolute atomic E-state index is 12.2. The number of rotatable bonds is 10. The molecule has 0 radical (unpaired) electrons. The minimum atomic E-state index is -0.552. The molecule has 0 aliphatic carbocycles. The molecule has 0 saturated carbocycles. The Morgan fingerprint density at radius 2 is 1.41 bits per heavy atom. The van der Waals surface area contributed by atoms with Crippen LogP contribution in [-0.4, -0.2) is 49.3 Å². The molecule has 0 bridgehead atoms. The van der Waals surface area contributed by atoms with E-state index in [4.69, 9.17) is 9.47 Å². The lowest BCUT2D eigenvalue weighted by molar-refractivity contribution is -0.135. The predicted molar refractivity (Wildman–Crippen MR) is 86.6 cm³/mol. The fraction of sp³-hybridized carbons (Fsp3) is 0.875. The highest BCUT2D eigenvalue weighted by Crippen LogP contribution is 2.16. The van der Waals surface area contributed by atoms with E-state index in [2.05, 4.69) is 10.6 Å². The maximum atomic E-state index is 12.2. The van der Waals surface area contributed by atoms with Gasteiger partial charge in [-0.3, -0.25) is 9.59 Å². The number of carbonyl (C=O) groups excluding carboxylic acids is 2. The van der Waals surface area contributed by atoms with Gasteiger partial charge in [0.15, 0.2) is 0 Å². The van der Waals surface area contributed by atoms with Crippen molar-refractivity contribution >= 4 is 11.8 Å². The molecule has 22 heavy (non-hydrogen) atoms. The highest BCUT2D eigenvalue weighted by atomic mass is 16.5.